The summed E-state index contributed by atoms with van der Waals surface area (Å²) < 4.78 is 5.68. The van der Waals surface area contributed by atoms with Gasteiger partial charge in [-0.25, -0.2) is 9.97 Å². The van der Waals surface area contributed by atoms with E-state index in [0.717, 1.165) is 63.1 Å². The van der Waals surface area contributed by atoms with E-state index in [1.54, 1.807) is 6.20 Å². The van der Waals surface area contributed by atoms with Crippen LogP contribution in [0.1, 0.15) is 36.8 Å². The zero-order valence-corrected chi connectivity index (χ0v) is 22.9. The van der Waals surface area contributed by atoms with Crippen LogP contribution >= 0.6 is 0 Å². The van der Waals surface area contributed by atoms with Gasteiger partial charge in [-0.2, -0.15) is 4.98 Å². The third kappa shape index (κ3) is 5.34. The summed E-state index contributed by atoms with van der Waals surface area (Å²) in [5.41, 5.74) is 4.32. The smallest absolute Gasteiger partial charge is 0.266 e. The van der Waals surface area contributed by atoms with Gasteiger partial charge in [-0.15, -0.1) is 0 Å². The summed E-state index contributed by atoms with van der Waals surface area (Å²) in [5, 5.41) is 6.69. The number of likely N-dealkylation sites (N-methyl/N-ethyl adjacent to an activating group) is 1. The number of aromatic nitrogens is 3. The Morgan fingerprint density at radius 2 is 1.74 bits per heavy atom. The van der Waals surface area contributed by atoms with Crippen molar-refractivity contribution in [2.45, 2.75) is 45.6 Å². The molecule has 1 aromatic carbocycles. The molecule has 1 amide bonds. The van der Waals surface area contributed by atoms with Crippen LogP contribution in [0.15, 0.2) is 36.5 Å². The molecule has 2 fully saturated rings. The van der Waals surface area contributed by atoms with E-state index in [4.69, 9.17) is 14.7 Å². The molecule has 0 unspecified atom stereocenters. The third-order valence-corrected chi connectivity index (χ3v) is 7.89. The molecule has 2 aromatic heterocycles. The molecule has 39 heavy (non-hydrogen) atoms. The van der Waals surface area contributed by atoms with Crippen LogP contribution in [0.5, 0.6) is 5.75 Å². The fourth-order valence-corrected chi connectivity index (χ4v) is 5.67. The van der Waals surface area contributed by atoms with Gasteiger partial charge in [0.25, 0.3) is 5.91 Å². The van der Waals surface area contributed by atoms with Crippen LogP contribution in [0.25, 0.3) is 0 Å². The Kier molecular flexibility index (Phi) is 6.95. The zero-order chi connectivity index (χ0) is 26.9. The summed E-state index contributed by atoms with van der Waals surface area (Å²) in [5.74, 6) is 2.96. The van der Waals surface area contributed by atoms with E-state index in [9.17, 15) is 4.79 Å². The second-order valence-electron chi connectivity index (χ2n) is 10.8. The molecule has 0 spiro atoms. The minimum atomic E-state index is -0.0299. The van der Waals surface area contributed by atoms with Crippen molar-refractivity contribution in [3.63, 3.8) is 0 Å². The lowest BCUT2D eigenvalue weighted by atomic mass is 10.1. The highest BCUT2D eigenvalue weighted by Crippen LogP contribution is 2.37. The lowest BCUT2D eigenvalue weighted by molar-refractivity contribution is -0.121. The normalized spacial score (nSPS) is 18.2. The highest BCUT2D eigenvalue weighted by atomic mass is 16.5. The van der Waals surface area contributed by atoms with E-state index >= 15 is 0 Å². The number of hydrogen-bond acceptors (Lipinski definition) is 9. The molecule has 2 N–H and O–H groups in total. The van der Waals surface area contributed by atoms with Crippen molar-refractivity contribution in [1.29, 1.82) is 0 Å². The van der Waals surface area contributed by atoms with Crippen LogP contribution in [0, 0.1) is 13.8 Å². The Balaban J connectivity index is 1.19. The first-order chi connectivity index (χ1) is 18.9. The predicted molar refractivity (Wildman–Crippen MR) is 154 cm³/mol. The Labute approximate surface area is 229 Å². The van der Waals surface area contributed by atoms with Gasteiger partial charge in [0.15, 0.2) is 18.2 Å². The number of carbonyl (C=O) groups excluding carboxylic acids is 1. The molecule has 3 aromatic rings. The highest BCUT2D eigenvalue weighted by Gasteiger charge is 2.34. The number of fused-ring (bicyclic) bond motifs is 1. The molecule has 1 saturated carbocycles. The molecule has 6 rings (SSSR count). The number of piperazine rings is 1. The van der Waals surface area contributed by atoms with Crippen LogP contribution in [0.2, 0.25) is 0 Å². The number of nitrogens with one attached hydrogen (secondary N) is 2. The Morgan fingerprint density at radius 3 is 2.51 bits per heavy atom. The lowest BCUT2D eigenvalue weighted by Gasteiger charge is -2.35. The van der Waals surface area contributed by atoms with E-state index < -0.39 is 0 Å². The van der Waals surface area contributed by atoms with Gasteiger partial charge in [-0.3, -0.25) is 9.69 Å². The van der Waals surface area contributed by atoms with E-state index in [1.807, 2.05) is 24.0 Å². The number of benzene rings is 1. The molecule has 10 heteroatoms. The predicted octanol–water partition coefficient (Wildman–Crippen LogP) is 4.40. The van der Waals surface area contributed by atoms with Gasteiger partial charge in [-0.1, -0.05) is 12.8 Å². The minimum Gasteiger partial charge on any atom is -0.480 e. The van der Waals surface area contributed by atoms with Crippen molar-refractivity contribution in [1.82, 2.24) is 19.9 Å². The summed E-state index contributed by atoms with van der Waals surface area (Å²) >= 11 is 0. The zero-order valence-electron chi connectivity index (χ0n) is 22.9. The molecule has 10 nitrogen and oxygen atoms in total. The number of pyridine rings is 1. The first-order valence-corrected chi connectivity index (χ1v) is 13.8. The van der Waals surface area contributed by atoms with Crippen LogP contribution < -0.4 is 25.2 Å². The van der Waals surface area contributed by atoms with Gasteiger partial charge in [0, 0.05) is 55.4 Å². The van der Waals surface area contributed by atoms with E-state index in [0.29, 0.717) is 29.2 Å². The quantitative estimate of drug-likeness (QED) is 0.482. The topological polar surface area (TPSA) is 98.8 Å². The number of carbonyl (C=O) groups is 1. The molecule has 1 saturated heterocycles. The second kappa shape index (κ2) is 10.7. The molecule has 2 aliphatic heterocycles. The maximum absolute atomic E-state index is 12.7. The van der Waals surface area contributed by atoms with Crippen molar-refractivity contribution < 1.29 is 9.53 Å². The largest absolute Gasteiger partial charge is 0.480 e. The number of ether oxygens (including phenoxy) is 1. The first kappa shape index (κ1) is 25.4. The Bertz CT molecular complexity index is 1370. The molecule has 4 heterocycles. The maximum atomic E-state index is 12.7. The standard InChI is InChI=1S/C29H36N8O2/c1-19-16-21(8-9-23(19)36-14-12-35(3)13-15-36)31-29-30-17-20(2)27(34-29)32-25-11-10-24-28(33-25)37(26(38)18-39-24)22-6-4-5-7-22/h8-11,16-17,22H,4-7,12-15,18H2,1-3H3,(H2,30,31,32,33,34). The number of nitrogens with zero attached hydrogens (tertiary/aromatic N) is 6. The number of amides is 1. The molecule has 204 valence electrons. The number of anilines is 6. The molecule has 0 radical (unpaired) electrons. The van der Waals surface area contributed by atoms with Gasteiger partial charge in [0.1, 0.15) is 11.6 Å². The number of rotatable bonds is 6. The second-order valence-corrected chi connectivity index (χ2v) is 10.8. The summed E-state index contributed by atoms with van der Waals surface area (Å²) in [4.78, 5) is 33.4. The third-order valence-electron chi connectivity index (χ3n) is 7.89. The SMILES string of the molecule is Cc1cc(Nc2ncc(C)c(Nc3ccc4c(n3)N(C3CCCC3)C(=O)CO4)n2)ccc1N1CCN(C)CC1. The summed E-state index contributed by atoms with van der Waals surface area (Å²) in [6.45, 7) is 8.39. The summed E-state index contributed by atoms with van der Waals surface area (Å²) in [6, 6.07) is 10.3. The van der Waals surface area contributed by atoms with Crippen molar-refractivity contribution in [3.05, 3.63) is 47.7 Å². The maximum Gasteiger partial charge on any atom is 0.266 e. The minimum absolute atomic E-state index is 0.0299. The molecule has 0 bridgehead atoms. The van der Waals surface area contributed by atoms with Gasteiger partial charge in [0.2, 0.25) is 5.95 Å². The molecular formula is C29H36N8O2. The number of aryl methyl sites for hydroxylation is 2. The van der Waals surface area contributed by atoms with Crippen molar-refractivity contribution in [3.8, 4) is 5.75 Å². The fourth-order valence-electron chi connectivity index (χ4n) is 5.67. The van der Waals surface area contributed by atoms with Gasteiger partial charge >= 0.3 is 0 Å². The Hall–Kier alpha value is -3.92. The van der Waals surface area contributed by atoms with Crippen LogP contribution in [-0.2, 0) is 4.79 Å². The fraction of sp³-hybridized carbons (Fsp3) is 0.448. The van der Waals surface area contributed by atoms with Crippen molar-refractivity contribution in [2.24, 2.45) is 0 Å². The van der Waals surface area contributed by atoms with E-state index in [-0.39, 0.29) is 18.6 Å². The molecule has 0 atom stereocenters. The Morgan fingerprint density at radius 1 is 0.949 bits per heavy atom. The average Bonchev–Trinajstić information content (AvgIpc) is 3.46. The molecular weight excluding hydrogens is 492 g/mol. The molecule has 1 aliphatic carbocycles. The monoisotopic (exact) mass is 528 g/mol. The van der Waals surface area contributed by atoms with Crippen LogP contribution in [0.3, 0.4) is 0 Å². The highest BCUT2D eigenvalue weighted by molar-refractivity contribution is 5.97. The molecule has 3 aliphatic rings. The van der Waals surface area contributed by atoms with Crippen LogP contribution in [0.4, 0.5) is 34.8 Å². The van der Waals surface area contributed by atoms with Crippen molar-refractivity contribution >= 4 is 40.7 Å². The van der Waals surface area contributed by atoms with Crippen molar-refractivity contribution in [2.75, 3.05) is 60.3 Å². The summed E-state index contributed by atoms with van der Waals surface area (Å²) in [7, 11) is 2.17. The van der Waals surface area contributed by atoms with Crippen LogP contribution in [-0.4, -0.2) is 71.6 Å². The van der Waals surface area contributed by atoms with Gasteiger partial charge in [0.05, 0.1) is 0 Å². The van der Waals surface area contributed by atoms with E-state index in [1.165, 1.54) is 11.3 Å². The summed E-state index contributed by atoms with van der Waals surface area (Å²) in [6.07, 6.45) is 6.06. The number of hydrogen-bond donors (Lipinski definition) is 2. The van der Waals surface area contributed by atoms with Gasteiger partial charge in [-0.05, 0) is 69.6 Å². The first-order valence-electron chi connectivity index (χ1n) is 13.8. The lowest BCUT2D eigenvalue weighted by Crippen LogP contribution is -2.45. The van der Waals surface area contributed by atoms with E-state index in [2.05, 4.69) is 57.6 Å². The van der Waals surface area contributed by atoms with Gasteiger partial charge < -0.3 is 25.2 Å². The average molecular weight is 529 g/mol.